The minimum atomic E-state index is 0.196. The van der Waals surface area contributed by atoms with Gasteiger partial charge in [0.05, 0.1) is 20.3 Å². The average molecular weight is 567 g/mol. The molecule has 0 radical (unpaired) electrons. The van der Waals surface area contributed by atoms with Crippen LogP contribution in [-0.2, 0) is 19.9 Å². The van der Waals surface area contributed by atoms with E-state index in [0.717, 1.165) is 12.8 Å². The summed E-state index contributed by atoms with van der Waals surface area (Å²) in [7, 11) is 2.23. The molecular formula is C35H36NS3+. The van der Waals surface area contributed by atoms with Crippen LogP contribution in [0.1, 0.15) is 57.5 Å². The average Bonchev–Trinajstić information content (AvgIpc) is 3.39. The van der Waals surface area contributed by atoms with Crippen molar-refractivity contribution in [2.75, 3.05) is 0 Å². The van der Waals surface area contributed by atoms with Crippen LogP contribution in [0, 0.1) is 17.8 Å². The van der Waals surface area contributed by atoms with Crippen molar-refractivity contribution >= 4 is 75.5 Å². The lowest BCUT2D eigenvalue weighted by Gasteiger charge is -2.28. The van der Waals surface area contributed by atoms with Crippen molar-refractivity contribution < 1.29 is 4.57 Å². The molecule has 4 heteroatoms. The number of pyridine rings is 1. The van der Waals surface area contributed by atoms with E-state index in [4.69, 9.17) is 0 Å². The van der Waals surface area contributed by atoms with Gasteiger partial charge in [-0.3, -0.25) is 0 Å². The third-order valence-corrected chi connectivity index (χ3v) is 11.8. The second-order valence-corrected chi connectivity index (χ2v) is 17.0. The Hall–Kier alpha value is -2.40. The van der Waals surface area contributed by atoms with E-state index in [1.807, 2.05) is 34.4 Å². The molecular weight excluding hydrogens is 531 g/mol. The minimum absolute atomic E-state index is 0.196. The monoisotopic (exact) mass is 566 g/mol. The van der Waals surface area contributed by atoms with E-state index in [1.165, 1.54) is 78.1 Å². The number of benzene rings is 3. The summed E-state index contributed by atoms with van der Waals surface area (Å²) in [6.07, 6.45) is 4.46. The number of hydrogen-bond donors (Lipinski definition) is 0. The molecule has 0 N–H and O–H groups in total. The van der Waals surface area contributed by atoms with Crippen LogP contribution in [-0.4, -0.2) is 0 Å². The molecule has 198 valence electrons. The first-order valence-electron chi connectivity index (χ1n) is 13.9. The van der Waals surface area contributed by atoms with Gasteiger partial charge in [-0.05, 0) is 70.0 Å². The molecule has 3 aromatic heterocycles. The Morgan fingerprint density at radius 2 is 1.49 bits per heavy atom. The number of aromatic nitrogens is 1. The second kappa shape index (κ2) is 8.55. The number of thiophene rings is 2. The van der Waals surface area contributed by atoms with Crippen LogP contribution >= 0.6 is 34.4 Å². The fourth-order valence-corrected chi connectivity index (χ4v) is 10.9. The molecule has 39 heavy (non-hydrogen) atoms. The molecule has 0 spiro atoms. The molecule has 7 rings (SSSR count). The minimum Gasteiger partial charge on any atom is -0.200 e. The summed E-state index contributed by atoms with van der Waals surface area (Å²) >= 11 is 6.06. The predicted octanol–water partition coefficient (Wildman–Crippen LogP) is 10.9. The Kier molecular flexibility index (Phi) is 5.60. The van der Waals surface area contributed by atoms with E-state index < -0.39 is 0 Å². The molecule has 0 saturated carbocycles. The summed E-state index contributed by atoms with van der Waals surface area (Å²) in [4.78, 5) is 4.43. The maximum absolute atomic E-state index is 2.48. The maximum Gasteiger partial charge on any atom is 0.222 e. The lowest BCUT2D eigenvalue weighted by molar-refractivity contribution is -0.659. The van der Waals surface area contributed by atoms with Crippen molar-refractivity contribution in [1.29, 1.82) is 0 Å². The Balaban J connectivity index is 1.58. The van der Waals surface area contributed by atoms with Crippen LogP contribution in [0.2, 0.25) is 0 Å². The molecule has 0 saturated heterocycles. The van der Waals surface area contributed by atoms with Gasteiger partial charge >= 0.3 is 0 Å². The van der Waals surface area contributed by atoms with Gasteiger partial charge in [-0.15, -0.1) is 22.7 Å². The first-order valence-corrected chi connectivity index (χ1v) is 16.4. The van der Waals surface area contributed by atoms with Crippen molar-refractivity contribution in [2.24, 2.45) is 17.9 Å². The summed E-state index contributed by atoms with van der Waals surface area (Å²) in [5.41, 5.74) is 6.22. The smallest absolute Gasteiger partial charge is 0.200 e. The van der Waals surface area contributed by atoms with E-state index >= 15 is 0 Å². The van der Waals surface area contributed by atoms with E-state index in [1.54, 1.807) is 0 Å². The molecule has 0 amide bonds. The summed E-state index contributed by atoms with van der Waals surface area (Å²) < 4.78 is 6.75. The van der Waals surface area contributed by atoms with Gasteiger partial charge in [-0.1, -0.05) is 77.6 Å². The highest BCUT2D eigenvalue weighted by Gasteiger charge is 2.34. The van der Waals surface area contributed by atoms with E-state index in [9.17, 15) is 0 Å². The second-order valence-electron chi connectivity index (χ2n) is 13.8. The summed E-state index contributed by atoms with van der Waals surface area (Å²) in [5, 5.41) is 7.03. The van der Waals surface area contributed by atoms with E-state index in [-0.39, 0.29) is 5.41 Å². The highest BCUT2D eigenvalue weighted by atomic mass is 32.2. The zero-order valence-electron chi connectivity index (χ0n) is 24.2. The van der Waals surface area contributed by atoms with Gasteiger partial charge in [-0.2, -0.15) is 0 Å². The van der Waals surface area contributed by atoms with Crippen molar-refractivity contribution in [2.45, 2.75) is 71.1 Å². The quantitative estimate of drug-likeness (QED) is 0.188. The Morgan fingerprint density at radius 3 is 2.21 bits per heavy atom. The van der Waals surface area contributed by atoms with E-state index in [2.05, 4.69) is 109 Å². The molecule has 4 heterocycles. The maximum atomic E-state index is 2.48. The summed E-state index contributed by atoms with van der Waals surface area (Å²) in [5.74, 6) is 0. The van der Waals surface area contributed by atoms with Gasteiger partial charge < -0.3 is 0 Å². The highest BCUT2D eigenvalue weighted by molar-refractivity contribution is 8.00. The van der Waals surface area contributed by atoms with Crippen molar-refractivity contribution in [1.82, 2.24) is 0 Å². The van der Waals surface area contributed by atoms with E-state index in [0.29, 0.717) is 5.41 Å². The highest BCUT2D eigenvalue weighted by Crippen LogP contribution is 2.56. The number of fused-ring (bicyclic) bond motifs is 7. The van der Waals surface area contributed by atoms with Crippen LogP contribution < -0.4 is 4.57 Å². The zero-order valence-corrected chi connectivity index (χ0v) is 26.7. The molecule has 0 unspecified atom stereocenters. The fraction of sp³-hybridized carbons (Fsp3) is 0.343. The molecule has 6 aromatic rings. The molecule has 0 fully saturated rings. The third kappa shape index (κ3) is 4.05. The van der Waals surface area contributed by atoms with Gasteiger partial charge in [-0.25, -0.2) is 4.57 Å². The lowest BCUT2D eigenvalue weighted by Crippen LogP contribution is -2.32. The van der Waals surface area contributed by atoms with Crippen molar-refractivity contribution in [3.8, 4) is 11.3 Å². The summed E-state index contributed by atoms with van der Waals surface area (Å²) in [6, 6.07) is 16.4. The molecule has 1 aliphatic rings. The third-order valence-electron chi connectivity index (χ3n) is 7.92. The molecule has 0 aliphatic carbocycles. The van der Waals surface area contributed by atoms with Crippen LogP contribution in [0.15, 0.2) is 58.5 Å². The van der Waals surface area contributed by atoms with Crippen LogP contribution in [0.25, 0.3) is 52.3 Å². The van der Waals surface area contributed by atoms with Crippen molar-refractivity contribution in [3.05, 3.63) is 64.7 Å². The summed E-state index contributed by atoms with van der Waals surface area (Å²) in [6.45, 7) is 16.5. The van der Waals surface area contributed by atoms with Gasteiger partial charge in [0.25, 0.3) is 0 Å². The topological polar surface area (TPSA) is 3.88 Å². The molecule has 0 atom stereocenters. The Labute approximate surface area is 243 Å². The van der Waals surface area contributed by atoms with Crippen LogP contribution in [0.3, 0.4) is 0 Å². The number of nitrogens with zero attached hydrogens (tertiary/aromatic N) is 1. The zero-order chi connectivity index (χ0) is 27.4. The van der Waals surface area contributed by atoms with Crippen LogP contribution in [0.4, 0.5) is 0 Å². The van der Waals surface area contributed by atoms with Gasteiger partial charge in [0.15, 0.2) is 6.20 Å². The molecule has 1 aliphatic heterocycles. The number of rotatable bonds is 2. The fourth-order valence-electron chi connectivity index (χ4n) is 6.41. The van der Waals surface area contributed by atoms with Crippen molar-refractivity contribution in [3.63, 3.8) is 0 Å². The molecule has 0 bridgehead atoms. The lowest BCUT2D eigenvalue weighted by atomic mass is 9.83. The van der Waals surface area contributed by atoms with Gasteiger partial charge in [0.1, 0.15) is 7.05 Å². The Morgan fingerprint density at radius 1 is 0.769 bits per heavy atom. The first kappa shape index (κ1) is 25.6. The van der Waals surface area contributed by atoms with Gasteiger partial charge in [0, 0.05) is 30.8 Å². The first-order chi connectivity index (χ1) is 18.4. The predicted molar refractivity (Wildman–Crippen MR) is 174 cm³/mol. The Bertz CT molecular complexity index is 1970. The van der Waals surface area contributed by atoms with Crippen LogP contribution in [0.5, 0.6) is 0 Å². The molecule has 3 aromatic carbocycles. The normalized spacial score (nSPS) is 13.7. The molecule has 1 nitrogen and oxygen atoms in total. The standard InChI is InChI=1S/C35H36NS3/c1-19-22-11-9-10-12-23(22)25(18-35(5,6)7)31-27(19)29-28-20(13-14-36(29)8)15-24-30-26(38-32(24)33(28)39-31)16-21(37-30)17-34(2,3)4/h9-16H,17-18H2,1-8H3/q+1. The van der Waals surface area contributed by atoms with Gasteiger partial charge in [0.2, 0.25) is 5.69 Å². The largest absolute Gasteiger partial charge is 0.222 e. The SMILES string of the molecule is Cc1c2c(c(CC(C)(C)C)c3ccccc13)Sc1c3sc4cc(CC(C)(C)C)sc4c3cc3cc[n+](C)c-2c13. The number of aryl methyl sites for hydroxylation is 2. The number of hydrogen-bond acceptors (Lipinski definition) is 3.